The topological polar surface area (TPSA) is 41.4 Å². The molecule has 1 saturated heterocycles. The number of aromatic nitrogens is 2. The summed E-state index contributed by atoms with van der Waals surface area (Å²) >= 11 is 0. The van der Waals surface area contributed by atoms with Crippen molar-refractivity contribution in [3.05, 3.63) is 18.2 Å². The molecule has 3 rings (SSSR count). The van der Waals surface area contributed by atoms with Crippen molar-refractivity contribution in [2.45, 2.75) is 45.7 Å². The van der Waals surface area contributed by atoms with Crippen molar-refractivity contribution in [2.75, 3.05) is 19.6 Å². The number of carbonyl (C=O) groups is 1. The summed E-state index contributed by atoms with van der Waals surface area (Å²) in [4.78, 5) is 21.6. The average Bonchev–Trinajstić information content (AvgIpc) is 3.23. The van der Waals surface area contributed by atoms with Gasteiger partial charge in [-0.15, -0.1) is 0 Å². The van der Waals surface area contributed by atoms with Gasteiger partial charge in [-0.05, 0) is 24.7 Å². The Bertz CT molecular complexity index is 520. The van der Waals surface area contributed by atoms with Gasteiger partial charge < -0.3 is 9.47 Å². The Hall–Kier alpha value is -1.36. The molecule has 1 atom stereocenters. The van der Waals surface area contributed by atoms with Crippen LogP contribution in [-0.4, -0.2) is 50.9 Å². The van der Waals surface area contributed by atoms with Crippen LogP contribution in [0, 0.1) is 11.8 Å². The SMILES string of the molecule is CC(C)[C@H]1CN(Cc2nccn2C)CCC(=O)N1CC1CC1. The molecule has 1 saturated carbocycles. The van der Waals surface area contributed by atoms with E-state index in [2.05, 4.69) is 33.2 Å². The van der Waals surface area contributed by atoms with Gasteiger partial charge in [-0.2, -0.15) is 0 Å². The highest BCUT2D eigenvalue weighted by Gasteiger charge is 2.35. The van der Waals surface area contributed by atoms with Gasteiger partial charge in [-0.25, -0.2) is 4.98 Å². The molecule has 1 aliphatic heterocycles. The van der Waals surface area contributed by atoms with Crippen LogP contribution in [0.4, 0.5) is 0 Å². The summed E-state index contributed by atoms with van der Waals surface area (Å²) < 4.78 is 2.07. The molecule has 5 nitrogen and oxygen atoms in total. The van der Waals surface area contributed by atoms with Gasteiger partial charge in [-0.3, -0.25) is 9.69 Å². The first-order chi connectivity index (χ1) is 10.5. The number of hydrogen-bond donors (Lipinski definition) is 0. The van der Waals surface area contributed by atoms with Crippen molar-refractivity contribution >= 4 is 5.91 Å². The van der Waals surface area contributed by atoms with Crippen LogP contribution in [0.2, 0.25) is 0 Å². The third-order valence-corrected chi connectivity index (χ3v) is 5.02. The third-order valence-electron chi connectivity index (χ3n) is 5.02. The van der Waals surface area contributed by atoms with Gasteiger partial charge in [0.05, 0.1) is 6.54 Å². The molecule has 0 spiro atoms. The molecule has 0 N–H and O–H groups in total. The summed E-state index contributed by atoms with van der Waals surface area (Å²) in [6, 6.07) is 0.330. The van der Waals surface area contributed by atoms with Crippen molar-refractivity contribution in [2.24, 2.45) is 18.9 Å². The number of rotatable bonds is 5. The number of hydrogen-bond acceptors (Lipinski definition) is 3. The van der Waals surface area contributed by atoms with Crippen molar-refractivity contribution in [1.82, 2.24) is 19.4 Å². The van der Waals surface area contributed by atoms with Gasteiger partial charge in [0.2, 0.25) is 5.91 Å². The fourth-order valence-corrected chi connectivity index (χ4v) is 3.32. The highest BCUT2D eigenvalue weighted by molar-refractivity contribution is 5.77. The third kappa shape index (κ3) is 3.51. The van der Waals surface area contributed by atoms with E-state index in [1.807, 2.05) is 19.4 Å². The molecule has 0 radical (unpaired) electrons. The monoisotopic (exact) mass is 304 g/mol. The zero-order chi connectivity index (χ0) is 15.7. The zero-order valence-corrected chi connectivity index (χ0v) is 14.0. The number of nitrogens with zero attached hydrogens (tertiary/aromatic N) is 4. The number of carbonyl (C=O) groups excluding carboxylic acids is 1. The van der Waals surface area contributed by atoms with Gasteiger partial charge in [0.25, 0.3) is 0 Å². The maximum absolute atomic E-state index is 12.6. The Morgan fingerprint density at radius 2 is 2.14 bits per heavy atom. The molecule has 5 heteroatoms. The van der Waals surface area contributed by atoms with Gasteiger partial charge in [0.15, 0.2) is 0 Å². The summed E-state index contributed by atoms with van der Waals surface area (Å²) in [7, 11) is 2.03. The van der Waals surface area contributed by atoms with E-state index in [4.69, 9.17) is 0 Å². The predicted molar refractivity (Wildman–Crippen MR) is 86.2 cm³/mol. The summed E-state index contributed by atoms with van der Waals surface area (Å²) in [6.45, 7) is 8.08. The summed E-state index contributed by atoms with van der Waals surface area (Å²) in [5.74, 6) is 2.66. The molecule has 0 aromatic carbocycles. The molecule has 2 aliphatic rings. The molecule has 22 heavy (non-hydrogen) atoms. The van der Waals surface area contributed by atoms with Crippen LogP contribution < -0.4 is 0 Å². The van der Waals surface area contributed by atoms with E-state index in [9.17, 15) is 4.79 Å². The number of amides is 1. The van der Waals surface area contributed by atoms with E-state index in [-0.39, 0.29) is 0 Å². The molecule has 122 valence electrons. The van der Waals surface area contributed by atoms with E-state index in [1.165, 1.54) is 12.8 Å². The van der Waals surface area contributed by atoms with E-state index < -0.39 is 0 Å². The molecule has 0 unspecified atom stereocenters. The first-order valence-electron chi connectivity index (χ1n) is 8.52. The molecule has 1 amide bonds. The van der Waals surface area contributed by atoms with Gasteiger partial charge >= 0.3 is 0 Å². The second-order valence-corrected chi connectivity index (χ2v) is 7.24. The van der Waals surface area contributed by atoms with Crippen LogP contribution in [-0.2, 0) is 18.4 Å². The maximum Gasteiger partial charge on any atom is 0.224 e. The lowest BCUT2D eigenvalue weighted by Gasteiger charge is -2.34. The molecular weight excluding hydrogens is 276 g/mol. The molecule has 1 aromatic heterocycles. The lowest BCUT2D eigenvalue weighted by atomic mass is 10.0. The highest BCUT2D eigenvalue weighted by atomic mass is 16.2. The zero-order valence-electron chi connectivity index (χ0n) is 14.0. The van der Waals surface area contributed by atoms with E-state index >= 15 is 0 Å². The molecule has 0 bridgehead atoms. The van der Waals surface area contributed by atoms with Crippen LogP contribution in [0.3, 0.4) is 0 Å². The standard InChI is InChI=1S/C17H28N4O/c1-13(2)15-11-20(12-16-18-7-9-19(16)3)8-6-17(22)21(15)10-14-4-5-14/h7,9,13-15H,4-6,8,10-12H2,1-3H3/t15-/m1/s1. The minimum absolute atomic E-state index is 0.330. The fourth-order valence-electron chi connectivity index (χ4n) is 3.32. The molecule has 1 aromatic rings. The second kappa shape index (κ2) is 6.41. The van der Waals surface area contributed by atoms with Gasteiger partial charge in [0.1, 0.15) is 5.82 Å². The minimum atomic E-state index is 0.330. The molecule has 1 aliphatic carbocycles. The van der Waals surface area contributed by atoms with Gasteiger partial charge in [-0.1, -0.05) is 13.8 Å². The molecule has 2 heterocycles. The fraction of sp³-hybridized carbons (Fsp3) is 0.765. The van der Waals surface area contributed by atoms with E-state index in [0.29, 0.717) is 24.3 Å². The smallest absolute Gasteiger partial charge is 0.224 e. The lowest BCUT2D eigenvalue weighted by molar-refractivity contribution is -0.133. The minimum Gasteiger partial charge on any atom is -0.338 e. The number of aryl methyl sites for hydroxylation is 1. The van der Waals surface area contributed by atoms with E-state index in [1.54, 1.807) is 0 Å². The van der Waals surface area contributed by atoms with Crippen molar-refractivity contribution in [3.63, 3.8) is 0 Å². The quantitative estimate of drug-likeness (QED) is 0.834. The van der Waals surface area contributed by atoms with Crippen LogP contribution in [0.15, 0.2) is 12.4 Å². The average molecular weight is 304 g/mol. The number of imidazole rings is 1. The van der Waals surface area contributed by atoms with Crippen molar-refractivity contribution in [3.8, 4) is 0 Å². The first kappa shape index (κ1) is 15.5. The van der Waals surface area contributed by atoms with Crippen LogP contribution in [0.25, 0.3) is 0 Å². The molecule has 2 fully saturated rings. The normalized spacial score (nSPS) is 24.1. The Balaban J connectivity index is 1.72. The van der Waals surface area contributed by atoms with Crippen molar-refractivity contribution in [1.29, 1.82) is 0 Å². The summed E-state index contributed by atoms with van der Waals surface area (Å²) in [5, 5.41) is 0. The van der Waals surface area contributed by atoms with Crippen LogP contribution in [0.1, 0.15) is 38.9 Å². The van der Waals surface area contributed by atoms with Crippen LogP contribution in [0.5, 0.6) is 0 Å². The predicted octanol–water partition coefficient (Wildman–Crippen LogP) is 1.89. The second-order valence-electron chi connectivity index (χ2n) is 7.24. The Morgan fingerprint density at radius 1 is 1.36 bits per heavy atom. The van der Waals surface area contributed by atoms with Crippen LogP contribution >= 0.6 is 0 Å². The lowest BCUT2D eigenvalue weighted by Crippen LogP contribution is -2.47. The molecular formula is C17H28N4O. The first-order valence-corrected chi connectivity index (χ1v) is 8.52. The van der Waals surface area contributed by atoms with Crippen molar-refractivity contribution < 1.29 is 4.79 Å². The maximum atomic E-state index is 12.6. The summed E-state index contributed by atoms with van der Waals surface area (Å²) in [6.07, 6.45) is 7.06. The Kier molecular flexibility index (Phi) is 4.52. The van der Waals surface area contributed by atoms with Gasteiger partial charge in [0, 0.05) is 51.5 Å². The van der Waals surface area contributed by atoms with E-state index in [0.717, 1.165) is 37.9 Å². The largest absolute Gasteiger partial charge is 0.338 e. The Labute approximate surface area is 133 Å². The highest BCUT2D eigenvalue weighted by Crippen LogP contribution is 2.32. The summed E-state index contributed by atoms with van der Waals surface area (Å²) in [5.41, 5.74) is 0. The Morgan fingerprint density at radius 3 is 2.73 bits per heavy atom.